The molecule has 7 nitrogen and oxygen atoms in total. The number of carbonyl (C=O) groups excluding carboxylic acids is 2. The third kappa shape index (κ3) is 7.08. The molecule has 0 fully saturated rings. The zero-order valence-corrected chi connectivity index (χ0v) is 17.2. The molecule has 2 amide bonds. The number of hydrogen-bond donors (Lipinski definition) is 2. The van der Waals surface area contributed by atoms with Gasteiger partial charge in [0, 0.05) is 5.56 Å². The van der Waals surface area contributed by atoms with Crippen LogP contribution in [-0.4, -0.2) is 38.6 Å². The van der Waals surface area contributed by atoms with Gasteiger partial charge in [-0.15, -0.1) is 0 Å². The molecule has 3 aromatic carbocycles. The lowest BCUT2D eigenvalue weighted by Gasteiger charge is -2.09. The van der Waals surface area contributed by atoms with Crippen molar-refractivity contribution in [1.82, 2.24) is 10.6 Å². The molecule has 0 spiro atoms. The van der Waals surface area contributed by atoms with Crippen molar-refractivity contribution in [3.05, 3.63) is 84.4 Å². The number of rotatable bonds is 10. The van der Waals surface area contributed by atoms with Crippen molar-refractivity contribution < 1.29 is 23.8 Å². The zero-order valence-electron chi connectivity index (χ0n) is 17.2. The maximum absolute atomic E-state index is 12.2. The summed E-state index contributed by atoms with van der Waals surface area (Å²) >= 11 is 0. The van der Waals surface area contributed by atoms with Gasteiger partial charge in [0.1, 0.15) is 29.6 Å². The van der Waals surface area contributed by atoms with Crippen LogP contribution in [0.15, 0.2) is 78.9 Å². The van der Waals surface area contributed by atoms with Crippen LogP contribution in [0.3, 0.4) is 0 Å². The van der Waals surface area contributed by atoms with Gasteiger partial charge in [-0.2, -0.15) is 0 Å². The Morgan fingerprint density at radius 2 is 1.35 bits per heavy atom. The van der Waals surface area contributed by atoms with Crippen LogP contribution in [-0.2, 0) is 4.79 Å². The minimum absolute atomic E-state index is 0.121. The van der Waals surface area contributed by atoms with E-state index in [0.717, 1.165) is 5.75 Å². The minimum Gasteiger partial charge on any atom is -0.497 e. The van der Waals surface area contributed by atoms with Crippen molar-refractivity contribution in [2.75, 3.05) is 26.8 Å². The summed E-state index contributed by atoms with van der Waals surface area (Å²) in [5, 5.41) is 5.29. The summed E-state index contributed by atoms with van der Waals surface area (Å²) < 4.78 is 16.3. The standard InChI is InChI=1S/C24H24N2O5/c1-29-19-11-13-20(14-12-19)30-16-15-25-23(27)17-26-24(28)18-7-9-22(10-8-18)31-21-5-3-2-4-6-21/h2-14H,15-17H2,1H3,(H,25,27)(H,26,28). The molecule has 3 aromatic rings. The SMILES string of the molecule is COc1ccc(OCCNC(=O)CNC(=O)c2ccc(Oc3ccccc3)cc2)cc1. The average Bonchev–Trinajstić information content (AvgIpc) is 2.82. The van der Waals surface area contributed by atoms with Gasteiger partial charge < -0.3 is 24.8 Å². The van der Waals surface area contributed by atoms with Gasteiger partial charge in [-0.3, -0.25) is 9.59 Å². The van der Waals surface area contributed by atoms with E-state index >= 15 is 0 Å². The van der Waals surface area contributed by atoms with Gasteiger partial charge in [-0.05, 0) is 60.7 Å². The average molecular weight is 420 g/mol. The van der Waals surface area contributed by atoms with Gasteiger partial charge in [0.2, 0.25) is 5.91 Å². The van der Waals surface area contributed by atoms with Crippen molar-refractivity contribution in [1.29, 1.82) is 0 Å². The van der Waals surface area contributed by atoms with E-state index in [2.05, 4.69) is 10.6 Å². The molecule has 0 saturated carbocycles. The smallest absolute Gasteiger partial charge is 0.251 e. The Morgan fingerprint density at radius 1 is 0.742 bits per heavy atom. The highest BCUT2D eigenvalue weighted by molar-refractivity contribution is 5.96. The van der Waals surface area contributed by atoms with E-state index in [1.54, 1.807) is 55.6 Å². The highest BCUT2D eigenvalue weighted by Crippen LogP contribution is 2.21. The molecule has 160 valence electrons. The van der Waals surface area contributed by atoms with Crippen molar-refractivity contribution in [2.45, 2.75) is 0 Å². The summed E-state index contributed by atoms with van der Waals surface area (Å²) in [4.78, 5) is 24.1. The molecule has 0 radical (unpaired) electrons. The lowest BCUT2D eigenvalue weighted by atomic mass is 10.2. The lowest BCUT2D eigenvalue weighted by molar-refractivity contribution is -0.120. The quantitative estimate of drug-likeness (QED) is 0.491. The van der Waals surface area contributed by atoms with Crippen LogP contribution >= 0.6 is 0 Å². The fourth-order valence-corrected chi connectivity index (χ4v) is 2.66. The molecule has 0 aliphatic rings. The molecule has 7 heteroatoms. The second-order valence-corrected chi connectivity index (χ2v) is 6.50. The summed E-state index contributed by atoms with van der Waals surface area (Å²) in [6.07, 6.45) is 0. The second-order valence-electron chi connectivity index (χ2n) is 6.50. The second kappa shape index (κ2) is 11.3. The molecule has 3 rings (SSSR count). The molecule has 0 aromatic heterocycles. The predicted molar refractivity (Wildman–Crippen MR) is 117 cm³/mol. The van der Waals surface area contributed by atoms with Crippen molar-refractivity contribution in [2.24, 2.45) is 0 Å². The molecule has 2 N–H and O–H groups in total. The topological polar surface area (TPSA) is 85.9 Å². The van der Waals surface area contributed by atoms with Gasteiger partial charge in [0.05, 0.1) is 20.2 Å². The van der Waals surface area contributed by atoms with Crippen molar-refractivity contribution in [3.63, 3.8) is 0 Å². The molecule has 0 atom stereocenters. The fraction of sp³-hybridized carbons (Fsp3) is 0.167. The Labute approximate surface area is 180 Å². The van der Waals surface area contributed by atoms with Gasteiger partial charge in [0.15, 0.2) is 0 Å². The largest absolute Gasteiger partial charge is 0.497 e. The number of benzene rings is 3. The van der Waals surface area contributed by atoms with Crippen LogP contribution in [0.5, 0.6) is 23.0 Å². The monoisotopic (exact) mass is 420 g/mol. The number of amides is 2. The highest BCUT2D eigenvalue weighted by atomic mass is 16.5. The first-order valence-electron chi connectivity index (χ1n) is 9.79. The number of para-hydroxylation sites is 1. The Balaban J connectivity index is 1.35. The zero-order chi connectivity index (χ0) is 21.9. The highest BCUT2D eigenvalue weighted by Gasteiger charge is 2.08. The lowest BCUT2D eigenvalue weighted by Crippen LogP contribution is -2.38. The van der Waals surface area contributed by atoms with Gasteiger partial charge in [0.25, 0.3) is 5.91 Å². The first kappa shape index (κ1) is 21.7. The molecule has 0 heterocycles. The van der Waals surface area contributed by atoms with Crippen LogP contribution in [0.4, 0.5) is 0 Å². The normalized spacial score (nSPS) is 10.1. The van der Waals surface area contributed by atoms with E-state index in [4.69, 9.17) is 14.2 Å². The Kier molecular flexibility index (Phi) is 7.88. The summed E-state index contributed by atoms with van der Waals surface area (Å²) in [6, 6.07) is 23.2. The van der Waals surface area contributed by atoms with E-state index in [9.17, 15) is 9.59 Å². The molecule has 0 aliphatic heterocycles. The van der Waals surface area contributed by atoms with E-state index < -0.39 is 0 Å². The van der Waals surface area contributed by atoms with Gasteiger partial charge in [-0.25, -0.2) is 0 Å². The first-order valence-corrected chi connectivity index (χ1v) is 9.79. The minimum atomic E-state index is -0.337. The van der Waals surface area contributed by atoms with Gasteiger partial charge in [-0.1, -0.05) is 18.2 Å². The number of carbonyl (C=O) groups is 2. The van der Waals surface area contributed by atoms with Crippen molar-refractivity contribution in [3.8, 4) is 23.0 Å². The van der Waals surface area contributed by atoms with E-state index in [-0.39, 0.29) is 18.4 Å². The van der Waals surface area contributed by atoms with E-state index in [1.807, 2.05) is 30.3 Å². The van der Waals surface area contributed by atoms with Gasteiger partial charge >= 0.3 is 0 Å². The van der Waals surface area contributed by atoms with Crippen LogP contribution in [0.25, 0.3) is 0 Å². The molecule has 0 saturated heterocycles. The van der Waals surface area contributed by atoms with Crippen LogP contribution in [0.1, 0.15) is 10.4 Å². The summed E-state index contributed by atoms with van der Waals surface area (Å²) in [5.74, 6) is 2.13. The van der Waals surface area contributed by atoms with Crippen LogP contribution in [0, 0.1) is 0 Å². The molecule has 0 unspecified atom stereocenters. The molecular weight excluding hydrogens is 396 g/mol. The summed E-state index contributed by atoms with van der Waals surface area (Å²) in [6.45, 7) is 0.519. The molecule has 31 heavy (non-hydrogen) atoms. The predicted octanol–water partition coefficient (Wildman–Crippen LogP) is 3.41. The third-order valence-electron chi connectivity index (χ3n) is 4.26. The maximum atomic E-state index is 12.2. The molecular formula is C24H24N2O5. The number of hydrogen-bond acceptors (Lipinski definition) is 5. The van der Waals surface area contributed by atoms with Crippen LogP contribution < -0.4 is 24.8 Å². The number of ether oxygens (including phenoxy) is 3. The maximum Gasteiger partial charge on any atom is 0.251 e. The molecule has 0 aliphatic carbocycles. The fourth-order valence-electron chi connectivity index (χ4n) is 2.66. The Hall–Kier alpha value is -4.00. The summed E-state index contributed by atoms with van der Waals surface area (Å²) in [7, 11) is 1.60. The van der Waals surface area contributed by atoms with E-state index in [0.29, 0.717) is 36.0 Å². The number of methoxy groups -OCH3 is 1. The Bertz CT molecular complexity index is 973. The third-order valence-corrected chi connectivity index (χ3v) is 4.26. The van der Waals surface area contributed by atoms with Crippen LogP contribution in [0.2, 0.25) is 0 Å². The first-order chi connectivity index (χ1) is 15.1. The van der Waals surface area contributed by atoms with Crippen molar-refractivity contribution >= 4 is 11.8 Å². The number of nitrogens with one attached hydrogen (secondary N) is 2. The molecule has 0 bridgehead atoms. The summed E-state index contributed by atoms with van der Waals surface area (Å²) in [5.41, 5.74) is 0.441. The van der Waals surface area contributed by atoms with E-state index in [1.165, 1.54) is 0 Å². The Morgan fingerprint density at radius 3 is 2.03 bits per heavy atom.